The van der Waals surface area contributed by atoms with E-state index in [1.54, 1.807) is 0 Å². The number of benzene rings is 1. The molecule has 0 aliphatic carbocycles. The topological polar surface area (TPSA) is 0 Å². The molecule has 1 rings (SSSR count). The van der Waals surface area contributed by atoms with Gasteiger partial charge in [-0.15, -0.1) is 0 Å². The van der Waals surface area contributed by atoms with E-state index in [1.165, 1.54) is 15.4 Å². The molecule has 71 valence electrons. The Hall–Kier alpha value is -0.846. The van der Waals surface area contributed by atoms with Gasteiger partial charge in [0.25, 0.3) is 0 Å². The van der Waals surface area contributed by atoms with Crippen LogP contribution in [0, 0.1) is 0 Å². The van der Waals surface area contributed by atoms with E-state index >= 15 is 0 Å². The predicted molar refractivity (Wildman–Crippen MR) is 59.1 cm³/mol. The minimum atomic E-state index is 0.958. The van der Waals surface area contributed by atoms with Crippen LogP contribution in [0.1, 0.15) is 12.5 Å². The fourth-order valence-electron chi connectivity index (χ4n) is 1.28. The van der Waals surface area contributed by atoms with Gasteiger partial charge in [-0.3, -0.25) is 0 Å². The van der Waals surface area contributed by atoms with Crippen molar-refractivity contribution in [2.75, 3.05) is 0 Å². The summed E-state index contributed by atoms with van der Waals surface area (Å²) in [5, 5.41) is 0. The van der Waals surface area contributed by atoms with Gasteiger partial charge in [0.05, 0.1) is 0 Å². The molecule has 0 aliphatic heterocycles. The summed E-state index contributed by atoms with van der Waals surface area (Å²) in [5.74, 6) is 0. The second-order valence-electron chi connectivity index (χ2n) is 3.23. The van der Waals surface area contributed by atoms with Gasteiger partial charge in [-0.05, 0) is 0 Å². The number of rotatable bonds is 4. The molecule has 0 unspecified atom stereocenters. The molecule has 0 N–H and O–H groups in total. The van der Waals surface area contributed by atoms with E-state index in [0.29, 0.717) is 0 Å². The van der Waals surface area contributed by atoms with Crippen molar-refractivity contribution in [2.24, 2.45) is 0 Å². The first-order valence-electron chi connectivity index (χ1n) is 4.62. The van der Waals surface area contributed by atoms with Crippen molar-refractivity contribution in [3.8, 4) is 0 Å². The van der Waals surface area contributed by atoms with Crippen molar-refractivity contribution >= 4 is 4.23 Å². The van der Waals surface area contributed by atoms with E-state index in [1.807, 2.05) is 12.1 Å². The fourth-order valence-corrected chi connectivity index (χ4v) is 1.54. The van der Waals surface area contributed by atoms with Crippen LogP contribution in [0.25, 0.3) is 0 Å². The van der Waals surface area contributed by atoms with E-state index < -0.39 is 0 Å². The van der Waals surface area contributed by atoms with Crippen LogP contribution in [-0.2, 0) is 23.4 Å². The molecule has 0 aromatic heterocycles. The molecular weight excluding hydrogens is 207 g/mol. The van der Waals surface area contributed by atoms with E-state index in [0.717, 1.165) is 6.42 Å². The van der Waals surface area contributed by atoms with Gasteiger partial charge in [-0.2, -0.15) is 0 Å². The van der Waals surface area contributed by atoms with Gasteiger partial charge >= 0.3 is 94.7 Å². The van der Waals surface area contributed by atoms with Gasteiger partial charge in [-0.25, -0.2) is 0 Å². The van der Waals surface area contributed by atoms with Gasteiger partial charge in [-0.1, -0.05) is 0 Å². The van der Waals surface area contributed by atoms with Gasteiger partial charge < -0.3 is 0 Å². The van der Waals surface area contributed by atoms with Gasteiger partial charge in [0.15, 0.2) is 0 Å². The Balaban J connectivity index is 2.76. The molecule has 14 heavy (non-hydrogen) atoms. The zero-order chi connectivity index (χ0) is 10.4. The standard InChI is InChI=1S/C13H14.V/c1-3-8-12(4-2)11-13-9-6-5-7-10-13;/h4-10H,2,11H2,1H3;. The molecule has 1 aromatic rings. The van der Waals surface area contributed by atoms with Crippen LogP contribution < -0.4 is 0 Å². The fraction of sp³-hybridized carbons (Fsp3) is 0.154. The first-order valence-corrected chi connectivity index (χ1v) is 5.31. The molecule has 0 nitrogen and oxygen atoms in total. The summed E-state index contributed by atoms with van der Waals surface area (Å²) in [6.45, 7) is 5.90. The number of hydrogen-bond donors (Lipinski definition) is 0. The Morgan fingerprint density at radius 1 is 1.36 bits per heavy atom. The molecule has 0 fully saturated rings. The molecule has 1 aromatic carbocycles. The zero-order valence-corrected chi connectivity index (χ0v) is 9.80. The average Bonchev–Trinajstić information content (AvgIpc) is 2.17. The van der Waals surface area contributed by atoms with Crippen molar-refractivity contribution < 1.29 is 17.0 Å². The Bertz CT molecular complexity index is 347. The second-order valence-corrected chi connectivity index (χ2v) is 4.33. The molecule has 0 saturated carbocycles. The Morgan fingerprint density at radius 2 is 2.00 bits per heavy atom. The summed E-state index contributed by atoms with van der Waals surface area (Å²) in [5.41, 5.74) is 2.58. The molecule has 0 saturated heterocycles. The Kier molecular flexibility index (Phi) is 4.65. The first kappa shape index (κ1) is 11.2. The molecule has 0 radical (unpaired) electrons. The van der Waals surface area contributed by atoms with Crippen molar-refractivity contribution in [2.45, 2.75) is 13.3 Å². The summed E-state index contributed by atoms with van der Waals surface area (Å²) >= 11 is 2.54. The van der Waals surface area contributed by atoms with Crippen molar-refractivity contribution in [1.29, 1.82) is 0 Å². The van der Waals surface area contributed by atoms with Crippen molar-refractivity contribution in [3.05, 3.63) is 60.2 Å². The summed E-state index contributed by atoms with van der Waals surface area (Å²) < 4.78 is 1.25. The van der Waals surface area contributed by atoms with Crippen LogP contribution in [0.3, 0.4) is 0 Å². The van der Waals surface area contributed by atoms with Gasteiger partial charge in [0.2, 0.25) is 0 Å². The van der Waals surface area contributed by atoms with Crippen LogP contribution in [-0.4, -0.2) is 4.23 Å². The third-order valence-electron chi connectivity index (χ3n) is 1.91. The Labute approximate surface area is 94.8 Å². The maximum absolute atomic E-state index is 3.82. The summed E-state index contributed by atoms with van der Waals surface area (Å²) in [6.07, 6.45) is 5.03. The second kappa shape index (κ2) is 5.79. The van der Waals surface area contributed by atoms with Crippen molar-refractivity contribution in [3.63, 3.8) is 0 Å². The van der Waals surface area contributed by atoms with E-state index in [-0.39, 0.29) is 0 Å². The van der Waals surface area contributed by atoms with Crippen LogP contribution in [0.2, 0.25) is 0 Å². The third-order valence-corrected chi connectivity index (χ3v) is 2.11. The number of hydrogen-bond acceptors (Lipinski definition) is 0. The summed E-state index contributed by atoms with van der Waals surface area (Å²) in [4.78, 5) is 0. The van der Waals surface area contributed by atoms with Crippen LogP contribution in [0.15, 0.2) is 54.6 Å². The third kappa shape index (κ3) is 3.91. The van der Waals surface area contributed by atoms with E-state index in [4.69, 9.17) is 0 Å². The predicted octanol–water partition coefficient (Wildman–Crippen LogP) is 3.08. The summed E-state index contributed by atoms with van der Waals surface area (Å²) in [6, 6.07) is 10.4. The molecule has 0 atom stereocenters. The zero-order valence-electron chi connectivity index (χ0n) is 8.40. The monoisotopic (exact) mass is 221 g/mol. The normalized spacial score (nSPS) is 11.0. The quantitative estimate of drug-likeness (QED) is 0.685. The van der Waals surface area contributed by atoms with E-state index in [9.17, 15) is 0 Å². The van der Waals surface area contributed by atoms with Crippen LogP contribution in [0.4, 0.5) is 0 Å². The van der Waals surface area contributed by atoms with Gasteiger partial charge in [0, 0.05) is 0 Å². The van der Waals surface area contributed by atoms with Crippen LogP contribution in [0.5, 0.6) is 0 Å². The van der Waals surface area contributed by atoms with Crippen LogP contribution >= 0.6 is 0 Å². The average molecular weight is 221 g/mol. The number of allylic oxidation sites excluding steroid dienone is 3. The molecular formula is C13H14V. The Morgan fingerprint density at radius 3 is 2.50 bits per heavy atom. The minimum absolute atomic E-state index is 0.958. The maximum atomic E-state index is 3.82. The summed E-state index contributed by atoms with van der Waals surface area (Å²) in [7, 11) is 0. The molecule has 1 heteroatoms. The van der Waals surface area contributed by atoms with Crippen molar-refractivity contribution in [1.82, 2.24) is 0 Å². The first-order chi connectivity index (χ1) is 6.72. The SMILES string of the molecule is C=CC(=C[C](C)=[V])Cc1ccccc1. The van der Waals surface area contributed by atoms with E-state index in [2.05, 4.69) is 60.8 Å². The molecule has 0 aliphatic rings. The van der Waals surface area contributed by atoms with Gasteiger partial charge in [0.1, 0.15) is 0 Å². The molecule has 0 spiro atoms. The molecule has 0 amide bonds. The molecule has 0 bridgehead atoms. The molecule has 0 heterocycles.